The molecule has 2 rings (SSSR count). The molecule has 121 heavy (non-hydrogen) atoms. The van der Waals surface area contributed by atoms with Crippen molar-refractivity contribution in [2.75, 3.05) is 38.2 Å². The molecule has 0 aromatic heterocycles. The van der Waals surface area contributed by atoms with Gasteiger partial charge in [-0.25, -0.2) is 4.79 Å². The summed E-state index contributed by atoms with van der Waals surface area (Å²) in [7, 11) is 0. The number of carboxylic acids is 2. The summed E-state index contributed by atoms with van der Waals surface area (Å²) in [6.45, 7) is 10.9. The molecule has 2 fully saturated rings. The van der Waals surface area contributed by atoms with E-state index < -0.39 is 266 Å². The first-order valence-corrected chi connectivity index (χ1v) is 41.0. The molecule has 0 radical (unpaired) electrons. The largest absolute Gasteiger partial charge is 0.481 e. The number of rotatable bonds is 56. The summed E-state index contributed by atoms with van der Waals surface area (Å²) in [5, 5.41) is 80.0. The third-order valence-electron chi connectivity index (χ3n) is 19.1. The molecule has 0 spiro atoms. The van der Waals surface area contributed by atoms with Gasteiger partial charge in [-0.1, -0.05) is 41.5 Å². The standard InChI is InChI=1S/C73H124N22O25S/c1-33(2)27-43(86-58(105)38(74)16-21-55(103)104)62(109)83-39(17-19-51(75)99)59(106)87-45(29-35(5)6)64(111)88-44(28-34(3)4)63(110)84-41(22-26-121-9)61(108)82-40(18-20-52(76)100)60(107)91-48(32-96)67(114)93-57(37(8)98)71(118)95-25-12-15-50(95)70(117)94-24-11-14-49(94)68(115)92-56(36(7)97)69(116)90-47(31-54(78)102)66(113)89-46(30-53(77)101)65(112)85-42(72(119)120)13-10-23-81-73(79)80/h33-50,56-57,96-98H,10-32,74H2,1-9H3,(H2,75,99)(H2,76,100)(H2,77,101)(H2,78,102)(H,82,108)(H,83,109)(H,84,110)(H,85,112)(H,86,105)(H,87,106)(H,88,111)(H,89,113)(H,90,116)(H,91,107)(H,92,115)(H,93,114)(H,103,104)(H,119,120)(H4,79,80,81)/t36-,37-,38+,39+,40+,41+,42+,43+,44+,45+,46+,47+,48+,49+,50+,56+,57+/m1/s1. The molecule has 47 nitrogen and oxygen atoms in total. The first kappa shape index (κ1) is 106. The fourth-order valence-corrected chi connectivity index (χ4v) is 13.4. The Morgan fingerprint density at radius 3 is 1.18 bits per heavy atom. The number of nitrogens with zero attached hydrogens (tertiary/aromatic N) is 3. The summed E-state index contributed by atoms with van der Waals surface area (Å²) in [6, 6.07) is -24.5. The molecule has 31 N–H and O–H groups in total. The quantitative estimate of drug-likeness (QED) is 0.0153. The van der Waals surface area contributed by atoms with Crippen LogP contribution in [0.15, 0.2) is 4.99 Å². The van der Waals surface area contributed by atoms with Crippen LogP contribution in [0.5, 0.6) is 0 Å². The van der Waals surface area contributed by atoms with E-state index in [1.54, 1.807) is 47.8 Å². The van der Waals surface area contributed by atoms with Gasteiger partial charge in [-0.15, -0.1) is 0 Å². The van der Waals surface area contributed by atoms with E-state index in [4.69, 9.17) is 45.2 Å². The Morgan fingerprint density at radius 1 is 0.413 bits per heavy atom. The third-order valence-corrected chi connectivity index (χ3v) is 19.8. The summed E-state index contributed by atoms with van der Waals surface area (Å²) >= 11 is 1.24. The third kappa shape index (κ3) is 38.0. The number of primary amides is 4. The number of aliphatic hydroxyl groups excluding tert-OH is 3. The molecule has 0 unspecified atom stereocenters. The van der Waals surface area contributed by atoms with Gasteiger partial charge in [0.1, 0.15) is 84.6 Å². The minimum Gasteiger partial charge on any atom is -0.481 e. The summed E-state index contributed by atoms with van der Waals surface area (Å²) in [5.41, 5.74) is 38.1. The smallest absolute Gasteiger partial charge is 0.326 e. The van der Waals surface area contributed by atoms with E-state index in [0.29, 0.717) is 0 Å². The molecular weight excluding hydrogens is 1620 g/mol. The van der Waals surface area contributed by atoms with E-state index in [-0.39, 0.29) is 126 Å². The number of aliphatic hydroxyl groups is 3. The first-order valence-electron chi connectivity index (χ1n) is 39.6. The number of hydrogen-bond acceptors (Lipinski definition) is 26. The number of nitrogens with one attached hydrogen (secondary N) is 12. The fraction of sp³-hybridized carbons (Fsp3) is 0.712. The summed E-state index contributed by atoms with van der Waals surface area (Å²) in [6.07, 6.45) is -6.69. The maximum atomic E-state index is 14.6. The van der Waals surface area contributed by atoms with Gasteiger partial charge in [0, 0.05) is 38.9 Å². The highest BCUT2D eigenvalue weighted by molar-refractivity contribution is 7.98. The van der Waals surface area contributed by atoms with Gasteiger partial charge in [-0.2, -0.15) is 11.8 Å². The summed E-state index contributed by atoms with van der Waals surface area (Å²) < 4.78 is 0. The molecular formula is C73H124N22O25S. The van der Waals surface area contributed by atoms with Gasteiger partial charge < -0.3 is 139 Å². The number of carbonyl (C=O) groups is 20. The number of likely N-dealkylation sites (tertiary alicyclic amines) is 2. The maximum absolute atomic E-state index is 14.6. The summed E-state index contributed by atoms with van der Waals surface area (Å²) in [4.78, 5) is 275. The van der Waals surface area contributed by atoms with Gasteiger partial charge in [0.2, 0.25) is 106 Å². The lowest BCUT2D eigenvalue weighted by Crippen LogP contribution is -2.63. The van der Waals surface area contributed by atoms with Crippen molar-refractivity contribution in [1.82, 2.24) is 73.6 Å². The lowest BCUT2D eigenvalue weighted by Gasteiger charge is -2.34. The second-order valence-electron chi connectivity index (χ2n) is 31.0. The highest BCUT2D eigenvalue weighted by Gasteiger charge is 2.47. The van der Waals surface area contributed by atoms with Crippen molar-refractivity contribution in [1.29, 1.82) is 0 Å². The molecule has 0 bridgehead atoms. The average Bonchev–Trinajstić information content (AvgIpc) is 1.67. The van der Waals surface area contributed by atoms with Gasteiger partial charge in [0.15, 0.2) is 5.96 Å². The van der Waals surface area contributed by atoms with Crippen molar-refractivity contribution in [3.05, 3.63) is 0 Å². The second-order valence-corrected chi connectivity index (χ2v) is 32.0. The van der Waals surface area contributed by atoms with Crippen LogP contribution >= 0.6 is 11.8 Å². The zero-order valence-electron chi connectivity index (χ0n) is 69.5. The van der Waals surface area contributed by atoms with Crippen LogP contribution in [-0.4, -0.2) is 301 Å². The van der Waals surface area contributed by atoms with Crippen molar-refractivity contribution in [2.45, 2.75) is 274 Å². The van der Waals surface area contributed by atoms with Crippen molar-refractivity contribution in [2.24, 2.45) is 62.9 Å². The Bertz CT molecular complexity index is 3680. The van der Waals surface area contributed by atoms with Crippen LogP contribution < -0.4 is 104 Å². The van der Waals surface area contributed by atoms with Crippen LogP contribution in [0.3, 0.4) is 0 Å². The van der Waals surface area contributed by atoms with Crippen molar-refractivity contribution in [3.63, 3.8) is 0 Å². The van der Waals surface area contributed by atoms with E-state index >= 15 is 0 Å². The zero-order valence-corrected chi connectivity index (χ0v) is 70.3. The molecule has 2 saturated heterocycles. The molecule has 2 heterocycles. The van der Waals surface area contributed by atoms with Gasteiger partial charge in [0.25, 0.3) is 0 Å². The monoisotopic (exact) mass is 1740 g/mol. The number of amides is 18. The molecule has 2 aliphatic heterocycles. The Kier molecular flexibility index (Phi) is 46.2. The average molecular weight is 1740 g/mol. The molecule has 0 saturated carbocycles. The first-order chi connectivity index (χ1) is 56.5. The number of aliphatic imine (C=N–C) groups is 1. The minimum atomic E-state index is -2.00. The van der Waals surface area contributed by atoms with Crippen LogP contribution in [0.25, 0.3) is 0 Å². The Balaban J connectivity index is 2.41. The predicted octanol–water partition coefficient (Wildman–Crippen LogP) is -9.96. The molecule has 48 heteroatoms. The number of hydrogen-bond donors (Lipinski definition) is 24. The van der Waals surface area contributed by atoms with E-state index in [1.807, 2.05) is 0 Å². The van der Waals surface area contributed by atoms with E-state index in [1.165, 1.54) is 11.8 Å². The lowest BCUT2D eigenvalue weighted by molar-refractivity contribution is -0.149. The SMILES string of the molecule is CSCC[C@H](NC(=O)[C@H](CC(C)C)NC(=O)[C@H](CC(C)C)NC(=O)[C@H](CCC(N)=O)NC(=O)[C@H](CC(C)C)NC(=O)[C@@H](N)CCC(=O)O)C(=O)N[C@@H](CCC(N)=O)C(=O)N[C@@H](CO)C(=O)N[C@H](C(=O)N1CCC[C@H]1C(=O)N1CCC[C@H]1C(=O)N[C@H](C(=O)N[C@@H](CC(N)=O)C(=O)N[C@@H](CC(N)=O)C(=O)N[C@@H](CCCN=C(N)N)C(=O)O)[C@@H](C)O)[C@@H](C)O. The Labute approximate surface area is 703 Å². The van der Waals surface area contributed by atoms with E-state index in [0.717, 1.165) is 23.6 Å². The van der Waals surface area contributed by atoms with Crippen LogP contribution in [-0.2, 0) is 95.9 Å². The highest BCUT2D eigenvalue weighted by Crippen LogP contribution is 2.27. The Morgan fingerprint density at radius 2 is 0.785 bits per heavy atom. The van der Waals surface area contributed by atoms with Crippen LogP contribution in [0.2, 0.25) is 0 Å². The van der Waals surface area contributed by atoms with E-state index in [9.17, 15) is 116 Å². The number of guanidine groups is 1. The number of carbonyl (C=O) groups excluding carboxylic acids is 18. The van der Waals surface area contributed by atoms with Gasteiger partial charge in [-0.05, 0) is 127 Å². The molecule has 0 aromatic carbocycles. The van der Waals surface area contributed by atoms with Crippen molar-refractivity contribution in [3.8, 4) is 0 Å². The minimum absolute atomic E-state index is 0.0153. The molecule has 2 aliphatic rings. The van der Waals surface area contributed by atoms with Crippen molar-refractivity contribution < 1.29 is 121 Å². The molecule has 682 valence electrons. The predicted molar refractivity (Wildman–Crippen MR) is 431 cm³/mol. The zero-order chi connectivity index (χ0) is 92.0. The lowest BCUT2D eigenvalue weighted by atomic mass is 9.99. The van der Waals surface area contributed by atoms with Crippen LogP contribution in [0, 0.1) is 17.8 Å². The van der Waals surface area contributed by atoms with Gasteiger partial charge in [-0.3, -0.25) is 96.1 Å². The number of carboxylic acid groups (broad SMARTS) is 2. The highest BCUT2D eigenvalue weighted by atomic mass is 32.2. The number of nitrogens with two attached hydrogens (primary N) is 7. The Hall–Kier alpha value is -11.1. The maximum Gasteiger partial charge on any atom is 0.326 e. The molecule has 18 amide bonds. The molecule has 0 aliphatic carbocycles. The van der Waals surface area contributed by atoms with Gasteiger partial charge >= 0.3 is 11.9 Å². The van der Waals surface area contributed by atoms with Gasteiger partial charge in [0.05, 0.1) is 37.7 Å². The fourth-order valence-electron chi connectivity index (χ4n) is 12.9. The summed E-state index contributed by atoms with van der Waals surface area (Å²) in [5.74, 6) is -22.9. The topological polar surface area (TPSA) is 788 Å². The van der Waals surface area contributed by atoms with E-state index in [2.05, 4.69) is 68.8 Å². The second kappa shape index (κ2) is 52.8. The number of thioether (sulfide) groups is 1. The number of aliphatic carboxylic acids is 2. The van der Waals surface area contributed by atoms with Crippen molar-refractivity contribution >= 4 is 136 Å². The van der Waals surface area contributed by atoms with Crippen LogP contribution in [0.1, 0.15) is 171 Å². The molecule has 0 aromatic rings. The molecule has 17 atom stereocenters. The van der Waals surface area contributed by atoms with Crippen LogP contribution in [0.4, 0.5) is 0 Å². The normalized spacial score (nSPS) is 17.5.